The molecule has 1 aliphatic heterocycles. The average molecular weight is 370 g/mol. The van der Waals surface area contributed by atoms with Gasteiger partial charge in [0.25, 0.3) is 0 Å². The van der Waals surface area contributed by atoms with Gasteiger partial charge in [-0.15, -0.1) is 0 Å². The van der Waals surface area contributed by atoms with Crippen LogP contribution in [0.25, 0.3) is 0 Å². The third-order valence-corrected chi connectivity index (χ3v) is 5.71. The molecule has 0 radical (unpaired) electrons. The molecule has 3 rings (SSSR count). The van der Waals surface area contributed by atoms with Gasteiger partial charge in [0.05, 0.1) is 5.56 Å². The van der Waals surface area contributed by atoms with Crippen LogP contribution < -0.4 is 5.63 Å². The third-order valence-electron chi connectivity index (χ3n) is 5.71. The zero-order chi connectivity index (χ0) is 19.2. The van der Waals surface area contributed by atoms with Crippen molar-refractivity contribution in [2.24, 2.45) is 5.92 Å². The van der Waals surface area contributed by atoms with E-state index in [0.29, 0.717) is 17.2 Å². The number of aromatic hydroxyl groups is 1. The van der Waals surface area contributed by atoms with Crippen molar-refractivity contribution in [1.82, 2.24) is 0 Å². The van der Waals surface area contributed by atoms with Crippen LogP contribution in [0.4, 0.5) is 0 Å². The van der Waals surface area contributed by atoms with Gasteiger partial charge in [0.15, 0.2) is 0 Å². The van der Waals surface area contributed by atoms with E-state index in [-0.39, 0.29) is 17.6 Å². The van der Waals surface area contributed by atoms with Crippen molar-refractivity contribution < 1.29 is 14.3 Å². The average Bonchev–Trinajstić information content (AvgIpc) is 2.70. The predicted octanol–water partition coefficient (Wildman–Crippen LogP) is 5.20. The highest BCUT2D eigenvalue weighted by Gasteiger charge is 2.26. The summed E-state index contributed by atoms with van der Waals surface area (Å²) in [4.78, 5) is 12.8. The lowest BCUT2D eigenvalue weighted by atomic mass is 9.86. The molecule has 0 bridgehead atoms. The zero-order valence-electron chi connectivity index (χ0n) is 16.3. The van der Waals surface area contributed by atoms with E-state index in [1.54, 1.807) is 6.07 Å². The van der Waals surface area contributed by atoms with Crippen LogP contribution in [0.15, 0.2) is 45.6 Å². The number of hydrogen-bond donors (Lipinski definition) is 1. The van der Waals surface area contributed by atoms with Gasteiger partial charge in [0.2, 0.25) is 0 Å². The highest BCUT2D eigenvalue weighted by atomic mass is 16.5. The summed E-state index contributed by atoms with van der Waals surface area (Å²) < 4.78 is 11.3. The van der Waals surface area contributed by atoms with Gasteiger partial charge in [0, 0.05) is 31.1 Å². The highest BCUT2D eigenvalue weighted by molar-refractivity contribution is 5.40. The molecule has 0 saturated carbocycles. The fourth-order valence-corrected chi connectivity index (χ4v) is 4.20. The first kappa shape index (κ1) is 19.7. The van der Waals surface area contributed by atoms with Crippen molar-refractivity contribution in [3.63, 3.8) is 0 Å². The number of benzene rings is 1. The molecule has 1 aromatic heterocycles. The van der Waals surface area contributed by atoms with E-state index in [1.165, 1.54) is 0 Å². The van der Waals surface area contributed by atoms with Gasteiger partial charge >= 0.3 is 5.63 Å². The minimum atomic E-state index is -0.418. The van der Waals surface area contributed by atoms with Gasteiger partial charge in [-0.25, -0.2) is 4.79 Å². The molecule has 0 spiro atoms. The second kappa shape index (κ2) is 9.23. The Bertz CT molecular complexity index is 775. The first-order valence-electron chi connectivity index (χ1n) is 10.1. The van der Waals surface area contributed by atoms with Crippen molar-refractivity contribution >= 4 is 0 Å². The van der Waals surface area contributed by atoms with Crippen LogP contribution in [0.3, 0.4) is 0 Å². The predicted molar refractivity (Wildman–Crippen MR) is 106 cm³/mol. The maximum atomic E-state index is 12.8. The smallest absolute Gasteiger partial charge is 0.343 e. The monoisotopic (exact) mass is 370 g/mol. The molecule has 2 aromatic rings. The Kier molecular flexibility index (Phi) is 6.73. The van der Waals surface area contributed by atoms with Gasteiger partial charge in [-0.05, 0) is 43.6 Å². The lowest BCUT2D eigenvalue weighted by molar-refractivity contribution is 0.0477. The van der Waals surface area contributed by atoms with Gasteiger partial charge in [-0.3, -0.25) is 0 Å². The highest BCUT2D eigenvalue weighted by Crippen LogP contribution is 2.36. The van der Waals surface area contributed by atoms with Crippen molar-refractivity contribution in [1.29, 1.82) is 0 Å². The first-order chi connectivity index (χ1) is 13.1. The minimum absolute atomic E-state index is 0.0512. The Morgan fingerprint density at radius 3 is 2.56 bits per heavy atom. The van der Waals surface area contributed by atoms with Gasteiger partial charge in [-0.2, -0.15) is 0 Å². The van der Waals surface area contributed by atoms with Crippen LogP contribution in [0, 0.1) is 5.92 Å². The molecule has 27 heavy (non-hydrogen) atoms. The van der Waals surface area contributed by atoms with E-state index >= 15 is 0 Å². The Morgan fingerprint density at radius 1 is 1.19 bits per heavy atom. The second-order valence-corrected chi connectivity index (χ2v) is 7.53. The summed E-state index contributed by atoms with van der Waals surface area (Å²) >= 11 is 0. The van der Waals surface area contributed by atoms with E-state index in [0.717, 1.165) is 50.9 Å². The molecule has 2 heterocycles. The fraction of sp³-hybridized carbons (Fsp3) is 0.522. The molecule has 0 amide bonds. The quantitative estimate of drug-likeness (QED) is 0.728. The molecule has 1 saturated heterocycles. The maximum Gasteiger partial charge on any atom is 0.343 e. The van der Waals surface area contributed by atoms with Crippen molar-refractivity contribution in [2.75, 3.05) is 13.2 Å². The minimum Gasteiger partial charge on any atom is -0.507 e. The van der Waals surface area contributed by atoms with E-state index in [9.17, 15) is 9.90 Å². The van der Waals surface area contributed by atoms with Crippen LogP contribution in [0.2, 0.25) is 0 Å². The summed E-state index contributed by atoms with van der Waals surface area (Å²) in [5.74, 6) is 1.10. The summed E-state index contributed by atoms with van der Waals surface area (Å²) in [7, 11) is 0. The summed E-state index contributed by atoms with van der Waals surface area (Å²) in [5.41, 5.74) is 0.962. The number of ether oxygens (including phenoxy) is 1. The van der Waals surface area contributed by atoms with Crippen LogP contribution in [0.5, 0.6) is 5.75 Å². The van der Waals surface area contributed by atoms with E-state index in [1.807, 2.05) is 37.3 Å². The molecule has 146 valence electrons. The lowest BCUT2D eigenvalue weighted by Crippen LogP contribution is -2.20. The molecule has 4 nitrogen and oxygen atoms in total. The third kappa shape index (κ3) is 4.62. The van der Waals surface area contributed by atoms with Gasteiger partial charge in [0.1, 0.15) is 11.5 Å². The Morgan fingerprint density at radius 2 is 1.96 bits per heavy atom. The molecule has 3 atom stereocenters. The van der Waals surface area contributed by atoms with E-state index in [4.69, 9.17) is 9.15 Å². The molecule has 1 fully saturated rings. The lowest BCUT2D eigenvalue weighted by Gasteiger charge is -2.26. The molecule has 1 aromatic carbocycles. The van der Waals surface area contributed by atoms with Gasteiger partial charge in [-0.1, -0.05) is 44.2 Å². The van der Waals surface area contributed by atoms with E-state index < -0.39 is 5.63 Å². The molecule has 3 unspecified atom stereocenters. The molecule has 1 N–H and O–H groups in total. The maximum absolute atomic E-state index is 12.8. The standard InChI is InChI=1S/C23H30O4/c1-3-17(13-16-9-8-12-26-15-16)21-14-20(24)22(23(25)27-21)19(4-2)18-10-6-5-7-11-18/h5-7,10-11,14,16-17,19,24H,3-4,8-9,12-13,15H2,1-2H3. The SMILES string of the molecule is CCC(CC1CCCOC1)c1cc(O)c(C(CC)c2ccccc2)c(=O)o1. The van der Waals surface area contributed by atoms with Crippen molar-refractivity contribution in [2.45, 2.75) is 57.8 Å². The molecule has 4 heteroatoms. The zero-order valence-corrected chi connectivity index (χ0v) is 16.3. The summed E-state index contributed by atoms with van der Waals surface area (Å²) in [6.07, 6.45) is 4.75. The fourth-order valence-electron chi connectivity index (χ4n) is 4.20. The first-order valence-corrected chi connectivity index (χ1v) is 10.1. The normalized spacial score (nSPS) is 19.6. The molecular formula is C23H30O4. The van der Waals surface area contributed by atoms with Crippen LogP contribution in [0.1, 0.15) is 74.7 Å². The van der Waals surface area contributed by atoms with Crippen LogP contribution in [-0.2, 0) is 4.74 Å². The summed E-state index contributed by atoms with van der Waals surface area (Å²) in [5, 5.41) is 10.7. The second-order valence-electron chi connectivity index (χ2n) is 7.53. The Balaban J connectivity index is 1.88. The van der Waals surface area contributed by atoms with Gasteiger partial charge < -0.3 is 14.3 Å². The topological polar surface area (TPSA) is 59.7 Å². The summed E-state index contributed by atoms with van der Waals surface area (Å²) in [6.45, 7) is 5.73. The molecule has 0 aliphatic carbocycles. The van der Waals surface area contributed by atoms with Crippen LogP contribution in [-0.4, -0.2) is 18.3 Å². The van der Waals surface area contributed by atoms with Crippen molar-refractivity contribution in [3.05, 3.63) is 63.7 Å². The Labute approximate surface area is 161 Å². The van der Waals surface area contributed by atoms with Crippen molar-refractivity contribution in [3.8, 4) is 5.75 Å². The van der Waals surface area contributed by atoms with Crippen LogP contribution >= 0.6 is 0 Å². The molecule has 1 aliphatic rings. The Hall–Kier alpha value is -2.07. The largest absolute Gasteiger partial charge is 0.507 e. The number of rotatable bonds is 7. The molecular weight excluding hydrogens is 340 g/mol. The number of hydrogen-bond acceptors (Lipinski definition) is 4. The summed E-state index contributed by atoms with van der Waals surface area (Å²) in [6, 6.07) is 11.5. The van der Waals surface area contributed by atoms with E-state index in [2.05, 4.69) is 6.92 Å².